The molecule has 0 atom stereocenters. The van der Waals surface area contributed by atoms with Crippen molar-refractivity contribution in [3.05, 3.63) is 52.9 Å². The predicted octanol–water partition coefficient (Wildman–Crippen LogP) is 2.85. The van der Waals surface area contributed by atoms with Crippen LogP contribution in [-0.2, 0) is 6.54 Å². The van der Waals surface area contributed by atoms with Crippen LogP contribution in [-0.4, -0.2) is 27.6 Å². The number of carboxylic acid groups (broad SMARTS) is 1. The van der Waals surface area contributed by atoms with Gasteiger partial charge in [-0.3, -0.25) is 4.98 Å². The second-order valence-electron chi connectivity index (χ2n) is 4.18. The van der Waals surface area contributed by atoms with Crippen LogP contribution >= 0.6 is 11.6 Å². The van der Waals surface area contributed by atoms with Crippen molar-refractivity contribution >= 4 is 23.4 Å². The van der Waals surface area contributed by atoms with Crippen molar-refractivity contribution in [3.63, 3.8) is 0 Å². The summed E-state index contributed by atoms with van der Waals surface area (Å²) in [6.45, 7) is 3.18. The van der Waals surface area contributed by atoms with Crippen molar-refractivity contribution in [3.8, 4) is 0 Å². The van der Waals surface area contributed by atoms with E-state index in [1.807, 2.05) is 30.0 Å². The van der Waals surface area contributed by atoms with Gasteiger partial charge in [0.2, 0.25) is 0 Å². The second-order valence-corrected chi connectivity index (χ2v) is 4.56. The highest BCUT2D eigenvalue weighted by Gasteiger charge is 2.13. The van der Waals surface area contributed by atoms with Crippen molar-refractivity contribution in [2.24, 2.45) is 0 Å². The lowest BCUT2D eigenvalue weighted by molar-refractivity contribution is 0.0697. The van der Waals surface area contributed by atoms with E-state index >= 15 is 0 Å². The monoisotopic (exact) mass is 291 g/mol. The number of anilines is 1. The highest BCUT2D eigenvalue weighted by molar-refractivity contribution is 6.29. The van der Waals surface area contributed by atoms with E-state index in [0.717, 1.165) is 5.69 Å². The quantitative estimate of drug-likeness (QED) is 0.858. The number of aromatic carboxylic acids is 1. The Labute approximate surface area is 121 Å². The van der Waals surface area contributed by atoms with E-state index in [0.29, 0.717) is 18.9 Å². The number of rotatable bonds is 5. The maximum atomic E-state index is 11.1. The fraction of sp³-hybridized carbons (Fsp3) is 0.214. The number of aromatic nitrogens is 2. The van der Waals surface area contributed by atoms with Crippen LogP contribution in [0.1, 0.15) is 23.0 Å². The van der Waals surface area contributed by atoms with E-state index in [2.05, 4.69) is 9.97 Å². The zero-order chi connectivity index (χ0) is 14.5. The lowest BCUT2D eigenvalue weighted by atomic mass is 10.2. The zero-order valence-corrected chi connectivity index (χ0v) is 11.7. The first-order valence-electron chi connectivity index (χ1n) is 6.16. The summed E-state index contributed by atoms with van der Waals surface area (Å²) in [6.07, 6.45) is 1.72. The Balaban J connectivity index is 2.29. The van der Waals surface area contributed by atoms with Gasteiger partial charge in [0.15, 0.2) is 0 Å². The van der Waals surface area contributed by atoms with E-state index in [1.165, 1.54) is 12.1 Å². The first kappa shape index (κ1) is 14.3. The fourth-order valence-corrected chi connectivity index (χ4v) is 2.01. The predicted molar refractivity (Wildman–Crippen MR) is 77.2 cm³/mol. The van der Waals surface area contributed by atoms with Crippen molar-refractivity contribution < 1.29 is 9.90 Å². The maximum absolute atomic E-state index is 11.1. The van der Waals surface area contributed by atoms with E-state index in [4.69, 9.17) is 16.7 Å². The Morgan fingerprint density at radius 1 is 1.40 bits per heavy atom. The molecule has 0 saturated heterocycles. The standard InChI is InChI=1S/C14H14ClN3O2/c1-2-18(9-11-5-3-4-6-16-11)13-8-10(14(19)20)7-12(15)17-13/h3-8H,2,9H2,1H3,(H,19,20). The van der Waals surface area contributed by atoms with E-state index in [1.54, 1.807) is 6.20 Å². The van der Waals surface area contributed by atoms with Crippen molar-refractivity contribution in [1.82, 2.24) is 9.97 Å². The Hall–Kier alpha value is -2.14. The number of hydrogen-bond donors (Lipinski definition) is 1. The Bertz CT molecular complexity index is 605. The molecule has 6 heteroatoms. The minimum atomic E-state index is -1.02. The number of nitrogens with zero attached hydrogens (tertiary/aromatic N) is 3. The van der Waals surface area contributed by atoms with Crippen molar-refractivity contribution in [1.29, 1.82) is 0 Å². The number of carboxylic acids is 1. The summed E-state index contributed by atoms with van der Waals surface area (Å²) in [7, 11) is 0. The molecule has 0 amide bonds. The van der Waals surface area contributed by atoms with E-state index < -0.39 is 5.97 Å². The van der Waals surface area contributed by atoms with Crippen LogP contribution in [0, 0.1) is 0 Å². The smallest absolute Gasteiger partial charge is 0.335 e. The molecule has 5 nitrogen and oxygen atoms in total. The van der Waals surface area contributed by atoms with Crippen LogP contribution in [0.15, 0.2) is 36.5 Å². The summed E-state index contributed by atoms with van der Waals surface area (Å²) < 4.78 is 0. The lowest BCUT2D eigenvalue weighted by Crippen LogP contribution is -2.24. The van der Waals surface area contributed by atoms with Gasteiger partial charge in [0.05, 0.1) is 17.8 Å². The van der Waals surface area contributed by atoms with Crippen molar-refractivity contribution in [2.45, 2.75) is 13.5 Å². The SMILES string of the molecule is CCN(Cc1ccccn1)c1cc(C(=O)O)cc(Cl)n1. The molecule has 0 radical (unpaired) electrons. The molecule has 2 rings (SSSR count). The second kappa shape index (κ2) is 6.34. The molecule has 1 N–H and O–H groups in total. The van der Waals surface area contributed by atoms with Crippen LogP contribution in [0.2, 0.25) is 5.15 Å². The summed E-state index contributed by atoms with van der Waals surface area (Å²) in [5.74, 6) is -0.493. The Morgan fingerprint density at radius 3 is 2.80 bits per heavy atom. The molecule has 0 aliphatic heterocycles. The van der Waals surface area contributed by atoms with Crippen LogP contribution < -0.4 is 4.90 Å². The molecule has 0 saturated carbocycles. The number of hydrogen-bond acceptors (Lipinski definition) is 4. The molecular weight excluding hydrogens is 278 g/mol. The number of carbonyl (C=O) groups is 1. The van der Waals surface area contributed by atoms with Gasteiger partial charge in [-0.15, -0.1) is 0 Å². The molecule has 0 aliphatic carbocycles. The fourth-order valence-electron chi connectivity index (χ4n) is 1.81. The average molecular weight is 292 g/mol. The van der Waals surface area contributed by atoms with E-state index in [-0.39, 0.29) is 10.7 Å². The highest BCUT2D eigenvalue weighted by Crippen LogP contribution is 2.19. The van der Waals surface area contributed by atoms with Crippen LogP contribution in [0.4, 0.5) is 5.82 Å². The van der Waals surface area contributed by atoms with Gasteiger partial charge < -0.3 is 10.0 Å². The summed E-state index contributed by atoms with van der Waals surface area (Å²) in [4.78, 5) is 21.4. The van der Waals surface area contributed by atoms with Gasteiger partial charge >= 0.3 is 5.97 Å². The minimum absolute atomic E-state index is 0.125. The molecule has 104 valence electrons. The van der Waals surface area contributed by atoms with E-state index in [9.17, 15) is 4.79 Å². The number of halogens is 1. The lowest BCUT2D eigenvalue weighted by Gasteiger charge is -2.22. The van der Waals surface area contributed by atoms with Gasteiger partial charge in [-0.2, -0.15) is 0 Å². The third-order valence-corrected chi connectivity index (χ3v) is 3.01. The normalized spacial score (nSPS) is 10.3. The summed E-state index contributed by atoms with van der Waals surface area (Å²) in [6, 6.07) is 8.51. The molecule has 0 aliphatic rings. The third kappa shape index (κ3) is 3.45. The minimum Gasteiger partial charge on any atom is -0.478 e. The summed E-state index contributed by atoms with van der Waals surface area (Å²) in [5, 5.41) is 9.23. The van der Waals surface area contributed by atoms with Gasteiger partial charge in [0, 0.05) is 12.7 Å². The molecule has 2 aromatic rings. The third-order valence-electron chi connectivity index (χ3n) is 2.81. The molecule has 0 spiro atoms. The van der Waals surface area contributed by atoms with Crippen LogP contribution in [0.25, 0.3) is 0 Å². The topological polar surface area (TPSA) is 66.3 Å². The average Bonchev–Trinajstić information content (AvgIpc) is 2.45. The van der Waals surface area contributed by atoms with Crippen molar-refractivity contribution in [2.75, 3.05) is 11.4 Å². The first-order valence-corrected chi connectivity index (χ1v) is 6.53. The van der Waals surface area contributed by atoms with Gasteiger partial charge in [0.1, 0.15) is 11.0 Å². The largest absolute Gasteiger partial charge is 0.478 e. The molecule has 20 heavy (non-hydrogen) atoms. The van der Waals surface area contributed by atoms with Gasteiger partial charge in [-0.05, 0) is 31.2 Å². The summed E-state index contributed by atoms with van der Waals surface area (Å²) in [5.41, 5.74) is 1.01. The molecule has 0 unspecified atom stereocenters. The van der Waals surface area contributed by atoms with Crippen LogP contribution in [0.3, 0.4) is 0 Å². The molecule has 2 heterocycles. The van der Waals surface area contributed by atoms with Gasteiger partial charge in [-0.1, -0.05) is 17.7 Å². The first-order chi connectivity index (χ1) is 9.60. The van der Waals surface area contributed by atoms with Gasteiger partial charge in [-0.25, -0.2) is 9.78 Å². The van der Waals surface area contributed by atoms with Crippen LogP contribution in [0.5, 0.6) is 0 Å². The molecular formula is C14H14ClN3O2. The highest BCUT2D eigenvalue weighted by atomic mass is 35.5. The molecule has 0 bridgehead atoms. The molecule has 2 aromatic heterocycles. The zero-order valence-electron chi connectivity index (χ0n) is 11.0. The Morgan fingerprint density at radius 2 is 2.20 bits per heavy atom. The summed E-state index contributed by atoms with van der Waals surface area (Å²) >= 11 is 5.88. The molecule has 0 fully saturated rings. The number of pyridine rings is 2. The molecule has 0 aromatic carbocycles. The Kier molecular flexibility index (Phi) is 4.53. The van der Waals surface area contributed by atoms with Gasteiger partial charge in [0.25, 0.3) is 0 Å². The maximum Gasteiger partial charge on any atom is 0.335 e.